The van der Waals surface area contributed by atoms with Crippen LogP contribution in [-0.4, -0.2) is 44.8 Å². The molecule has 2 aromatic rings. The maximum atomic E-state index is 5.71. The summed E-state index contributed by atoms with van der Waals surface area (Å²) in [4.78, 5) is 11.8. The largest absolute Gasteiger partial charge is 0.331 e. The number of nitrogens with zero attached hydrogens (tertiary/aromatic N) is 4. The zero-order valence-corrected chi connectivity index (χ0v) is 18.2. The maximum absolute atomic E-state index is 5.71. The molecule has 1 atom stereocenters. The molecule has 1 unspecified atom stereocenters. The van der Waals surface area contributed by atoms with Crippen LogP contribution in [0.4, 0.5) is 0 Å². The van der Waals surface area contributed by atoms with E-state index in [1.54, 1.807) is 0 Å². The first-order valence-electron chi connectivity index (χ1n) is 10.7. The second-order valence-corrected chi connectivity index (χ2v) is 9.23. The summed E-state index contributed by atoms with van der Waals surface area (Å²) >= 11 is 2.07. The maximum Gasteiger partial charge on any atom is 0.123 e. The lowest BCUT2D eigenvalue weighted by Crippen LogP contribution is -2.29. The third-order valence-electron chi connectivity index (χ3n) is 5.47. The Hall–Kier alpha value is -1.37. The molecule has 154 valence electrons. The van der Waals surface area contributed by atoms with Crippen LogP contribution in [-0.2, 0) is 13.0 Å². The molecule has 5 nitrogen and oxygen atoms in total. The molecule has 0 saturated carbocycles. The molecule has 0 aromatic carbocycles. The summed E-state index contributed by atoms with van der Waals surface area (Å²) in [7, 11) is 0. The van der Waals surface area contributed by atoms with Gasteiger partial charge >= 0.3 is 0 Å². The number of fused-ring (bicyclic) bond motifs is 1. The third kappa shape index (κ3) is 5.82. The van der Waals surface area contributed by atoms with Gasteiger partial charge in [-0.05, 0) is 70.7 Å². The minimum absolute atomic E-state index is 0.447. The predicted molar refractivity (Wildman–Crippen MR) is 119 cm³/mol. The van der Waals surface area contributed by atoms with Gasteiger partial charge in [0.25, 0.3) is 0 Å². The third-order valence-corrected chi connectivity index (χ3v) is 6.75. The fourth-order valence-electron chi connectivity index (χ4n) is 3.94. The van der Waals surface area contributed by atoms with Crippen molar-refractivity contribution in [3.05, 3.63) is 47.8 Å². The Kier molecular flexibility index (Phi) is 8.37. The normalized spacial score (nSPS) is 16.7. The van der Waals surface area contributed by atoms with Crippen molar-refractivity contribution in [2.45, 2.75) is 63.8 Å². The van der Waals surface area contributed by atoms with Crippen molar-refractivity contribution in [1.29, 1.82) is 0 Å². The number of rotatable bonds is 11. The van der Waals surface area contributed by atoms with Crippen molar-refractivity contribution >= 4 is 11.8 Å². The van der Waals surface area contributed by atoms with Gasteiger partial charge in [-0.3, -0.25) is 9.88 Å². The summed E-state index contributed by atoms with van der Waals surface area (Å²) in [6, 6.07) is 4.77. The quantitative estimate of drug-likeness (QED) is 0.572. The van der Waals surface area contributed by atoms with Crippen LogP contribution in [0.3, 0.4) is 0 Å². The predicted octanol–water partition coefficient (Wildman–Crippen LogP) is 4.21. The van der Waals surface area contributed by atoms with E-state index in [-0.39, 0.29) is 0 Å². The fraction of sp³-hybridized carbons (Fsp3) is 0.636. The Morgan fingerprint density at radius 3 is 2.96 bits per heavy atom. The molecular formula is C22H35N5S. The highest BCUT2D eigenvalue weighted by molar-refractivity contribution is 7.99. The molecule has 2 heterocycles. The topological polar surface area (TPSA) is 60.0 Å². The molecule has 0 bridgehead atoms. The van der Waals surface area contributed by atoms with Crippen LogP contribution in [0.15, 0.2) is 30.7 Å². The highest BCUT2D eigenvalue weighted by Crippen LogP contribution is 2.38. The van der Waals surface area contributed by atoms with Crippen molar-refractivity contribution in [2.75, 3.05) is 25.4 Å². The van der Waals surface area contributed by atoms with Crippen molar-refractivity contribution in [3.63, 3.8) is 0 Å². The van der Waals surface area contributed by atoms with E-state index in [9.17, 15) is 0 Å². The van der Waals surface area contributed by atoms with Crippen LogP contribution in [0, 0.1) is 0 Å². The first kappa shape index (κ1) is 21.3. The molecule has 1 aliphatic rings. The van der Waals surface area contributed by atoms with E-state index < -0.39 is 0 Å². The molecule has 1 aliphatic carbocycles. The average Bonchev–Trinajstić information content (AvgIpc) is 3.16. The molecule has 0 fully saturated rings. The Labute approximate surface area is 174 Å². The molecule has 2 aromatic heterocycles. The molecule has 0 saturated heterocycles. The molecule has 0 aliphatic heterocycles. The fourth-order valence-corrected chi connectivity index (χ4v) is 5.29. The van der Waals surface area contributed by atoms with Crippen LogP contribution in [0.5, 0.6) is 0 Å². The van der Waals surface area contributed by atoms with Crippen LogP contribution in [0.25, 0.3) is 0 Å². The number of aryl methyl sites for hydroxylation is 1. The second kappa shape index (κ2) is 11.0. The molecule has 0 spiro atoms. The van der Waals surface area contributed by atoms with Gasteiger partial charge in [0.1, 0.15) is 5.82 Å². The van der Waals surface area contributed by atoms with Crippen LogP contribution in [0.1, 0.15) is 67.9 Å². The number of pyridine rings is 1. The van der Waals surface area contributed by atoms with E-state index in [1.807, 2.05) is 12.4 Å². The zero-order valence-electron chi connectivity index (χ0n) is 17.4. The Morgan fingerprint density at radius 1 is 1.25 bits per heavy atom. The molecule has 0 radical (unpaired) electrons. The van der Waals surface area contributed by atoms with Crippen molar-refractivity contribution in [2.24, 2.45) is 5.73 Å². The van der Waals surface area contributed by atoms with Gasteiger partial charge in [0, 0.05) is 42.2 Å². The van der Waals surface area contributed by atoms with Crippen LogP contribution in [0.2, 0.25) is 0 Å². The van der Waals surface area contributed by atoms with Gasteiger partial charge in [-0.25, -0.2) is 4.98 Å². The number of hydrogen-bond acceptors (Lipinski definition) is 5. The average molecular weight is 402 g/mol. The summed E-state index contributed by atoms with van der Waals surface area (Å²) in [6.45, 7) is 8.28. The Balaban J connectivity index is 1.56. The van der Waals surface area contributed by atoms with E-state index in [0.717, 1.165) is 50.6 Å². The van der Waals surface area contributed by atoms with E-state index in [4.69, 9.17) is 5.73 Å². The van der Waals surface area contributed by atoms with Crippen molar-refractivity contribution < 1.29 is 0 Å². The number of nitrogens with two attached hydrogens (primary N) is 1. The summed E-state index contributed by atoms with van der Waals surface area (Å²) in [5.74, 6) is 2.29. The van der Waals surface area contributed by atoms with Crippen molar-refractivity contribution in [3.8, 4) is 0 Å². The number of thioether (sulfide) groups is 1. The summed E-state index contributed by atoms with van der Waals surface area (Å²) < 4.78 is 2.28. The number of hydrogen-bond donors (Lipinski definition) is 1. The van der Waals surface area contributed by atoms with Crippen LogP contribution < -0.4 is 5.73 Å². The highest BCUT2D eigenvalue weighted by atomic mass is 32.2. The SMILES string of the molecule is CC(C)n1ccnc1CN(CCCCN)CCSC1CCCc2cccnc21. The Bertz CT molecular complexity index is 714. The van der Waals surface area contributed by atoms with Gasteiger partial charge < -0.3 is 10.3 Å². The van der Waals surface area contributed by atoms with E-state index in [0.29, 0.717) is 11.3 Å². The lowest BCUT2D eigenvalue weighted by molar-refractivity contribution is 0.264. The number of aromatic nitrogens is 3. The lowest BCUT2D eigenvalue weighted by atomic mass is 9.96. The standard InChI is InChI=1S/C22H35N5S/c1-18(2)27-14-12-24-21(27)17-26(13-4-3-10-23)15-16-28-20-9-5-7-19-8-6-11-25-22(19)20/h6,8,11-12,14,18,20H,3-5,7,9-10,13,15-17,23H2,1-2H3. The van der Waals surface area contributed by atoms with Gasteiger partial charge in [-0.1, -0.05) is 6.07 Å². The number of imidazole rings is 1. The first-order valence-corrected chi connectivity index (χ1v) is 11.7. The van der Waals surface area contributed by atoms with Gasteiger partial charge in [0.15, 0.2) is 0 Å². The lowest BCUT2D eigenvalue weighted by Gasteiger charge is -2.26. The van der Waals surface area contributed by atoms with Gasteiger partial charge in [0.2, 0.25) is 0 Å². The smallest absolute Gasteiger partial charge is 0.123 e. The second-order valence-electron chi connectivity index (χ2n) is 7.92. The summed E-state index contributed by atoms with van der Waals surface area (Å²) in [5.41, 5.74) is 8.48. The monoisotopic (exact) mass is 401 g/mol. The zero-order chi connectivity index (χ0) is 19.8. The van der Waals surface area contributed by atoms with Crippen LogP contribution >= 0.6 is 11.8 Å². The van der Waals surface area contributed by atoms with Gasteiger partial charge in [0.05, 0.1) is 12.2 Å². The van der Waals surface area contributed by atoms with E-state index in [1.165, 1.54) is 30.5 Å². The van der Waals surface area contributed by atoms with E-state index >= 15 is 0 Å². The van der Waals surface area contributed by atoms with Gasteiger partial charge in [-0.15, -0.1) is 0 Å². The van der Waals surface area contributed by atoms with Gasteiger partial charge in [-0.2, -0.15) is 11.8 Å². The minimum Gasteiger partial charge on any atom is -0.331 e. The molecule has 0 amide bonds. The number of unbranched alkanes of at least 4 members (excludes halogenated alkanes) is 1. The molecule has 2 N–H and O–H groups in total. The summed E-state index contributed by atoms with van der Waals surface area (Å²) in [5, 5.41) is 0.550. The first-order chi connectivity index (χ1) is 13.7. The molecular weight excluding hydrogens is 366 g/mol. The Morgan fingerprint density at radius 2 is 2.14 bits per heavy atom. The molecule has 3 rings (SSSR count). The summed E-state index contributed by atoms with van der Waals surface area (Å²) in [6.07, 6.45) is 11.9. The highest BCUT2D eigenvalue weighted by Gasteiger charge is 2.22. The van der Waals surface area contributed by atoms with E-state index in [2.05, 4.69) is 63.4 Å². The molecule has 6 heteroatoms. The minimum atomic E-state index is 0.447. The molecule has 28 heavy (non-hydrogen) atoms. The van der Waals surface area contributed by atoms with Crippen molar-refractivity contribution in [1.82, 2.24) is 19.4 Å².